The molecule has 0 bridgehead atoms. The number of aromatic nitrogens is 5. The lowest BCUT2D eigenvalue weighted by Crippen LogP contribution is -2.00. The number of aromatic amines is 1. The summed E-state index contributed by atoms with van der Waals surface area (Å²) in [6, 6.07) is 19.3. The zero-order chi connectivity index (χ0) is 19.5. The monoisotopic (exact) mass is 388 g/mol. The minimum absolute atomic E-state index is 0.0631. The zero-order valence-electron chi connectivity index (χ0n) is 15.0. The molecule has 0 amide bonds. The van der Waals surface area contributed by atoms with E-state index in [4.69, 9.17) is 0 Å². The Labute approximate surface area is 165 Å². The Morgan fingerprint density at radius 2 is 1.89 bits per heavy atom. The van der Waals surface area contributed by atoms with Gasteiger partial charge in [0.25, 0.3) is 0 Å². The zero-order valence-corrected chi connectivity index (χ0v) is 15.8. The Kier molecular flexibility index (Phi) is 4.83. The molecule has 28 heavy (non-hydrogen) atoms. The number of hydrogen-bond donors (Lipinski definition) is 2. The molecule has 0 spiro atoms. The molecule has 138 valence electrons. The molecule has 0 unspecified atom stereocenters. The molecule has 8 heteroatoms. The van der Waals surface area contributed by atoms with Crippen LogP contribution in [-0.2, 0) is 0 Å². The Morgan fingerprint density at radius 1 is 1.14 bits per heavy atom. The predicted octanol–water partition coefficient (Wildman–Crippen LogP) is 4.04. The van der Waals surface area contributed by atoms with Gasteiger partial charge in [-0.05, 0) is 31.2 Å². The second-order valence-corrected chi connectivity index (χ2v) is 6.97. The summed E-state index contributed by atoms with van der Waals surface area (Å²) in [5.41, 5.74) is 2.61. The third kappa shape index (κ3) is 3.35. The Balaban J connectivity index is 1.61. The van der Waals surface area contributed by atoms with E-state index >= 15 is 0 Å². The average molecular weight is 388 g/mol. The Bertz CT molecular complexity index is 1170. The highest BCUT2D eigenvalue weighted by atomic mass is 32.2. The Hall–Kier alpha value is -3.57. The minimum Gasteiger partial charge on any atom is -0.510 e. The quantitative estimate of drug-likeness (QED) is 0.304. The molecule has 0 aliphatic heterocycles. The van der Waals surface area contributed by atoms with Gasteiger partial charge < -0.3 is 10.1 Å². The maximum Gasteiger partial charge on any atom is 0.196 e. The van der Waals surface area contributed by atoms with Gasteiger partial charge in [0.15, 0.2) is 11.0 Å². The largest absolute Gasteiger partial charge is 0.510 e. The van der Waals surface area contributed by atoms with Crippen LogP contribution in [0.5, 0.6) is 0 Å². The van der Waals surface area contributed by atoms with E-state index in [9.17, 15) is 10.4 Å². The first-order valence-electron chi connectivity index (χ1n) is 8.55. The summed E-state index contributed by atoms with van der Waals surface area (Å²) in [5, 5.41) is 29.0. The number of imidazole rings is 1. The summed E-state index contributed by atoms with van der Waals surface area (Å²) in [5.74, 6) is 1.20. The molecule has 0 saturated heterocycles. The number of aliphatic hydroxyl groups is 1. The number of thioether (sulfide) groups is 1. The molecule has 0 fully saturated rings. The van der Waals surface area contributed by atoms with E-state index < -0.39 is 0 Å². The van der Waals surface area contributed by atoms with Crippen molar-refractivity contribution in [1.29, 1.82) is 5.26 Å². The molecular formula is C20H16N6OS. The molecule has 0 atom stereocenters. The summed E-state index contributed by atoms with van der Waals surface area (Å²) < 4.78 is 1.91. The number of nitriles is 1. The van der Waals surface area contributed by atoms with Crippen molar-refractivity contribution in [1.82, 2.24) is 24.7 Å². The number of rotatable bonds is 5. The maximum atomic E-state index is 10.5. The molecule has 4 aromatic rings. The third-order valence-corrected chi connectivity index (χ3v) is 5.11. The van der Waals surface area contributed by atoms with E-state index in [1.807, 2.05) is 72.2 Å². The number of benzene rings is 2. The van der Waals surface area contributed by atoms with Crippen LogP contribution in [0.2, 0.25) is 0 Å². The van der Waals surface area contributed by atoms with Crippen molar-refractivity contribution in [3.05, 3.63) is 72.0 Å². The van der Waals surface area contributed by atoms with Crippen molar-refractivity contribution in [2.75, 3.05) is 5.75 Å². The molecule has 2 aromatic carbocycles. The maximum absolute atomic E-state index is 10.5. The van der Waals surface area contributed by atoms with Crippen LogP contribution < -0.4 is 0 Å². The van der Waals surface area contributed by atoms with Gasteiger partial charge in [-0.25, -0.2) is 4.98 Å². The van der Waals surface area contributed by atoms with Gasteiger partial charge in [0.2, 0.25) is 0 Å². The fraction of sp³-hybridized carbons (Fsp3) is 0.100. The van der Waals surface area contributed by atoms with E-state index in [1.54, 1.807) is 0 Å². The highest BCUT2D eigenvalue weighted by Gasteiger charge is 2.16. The molecular weight excluding hydrogens is 372 g/mol. The number of nitrogens with zero attached hydrogens (tertiary/aromatic N) is 5. The van der Waals surface area contributed by atoms with E-state index in [0.29, 0.717) is 11.0 Å². The first-order chi connectivity index (χ1) is 13.7. The topological polar surface area (TPSA) is 103 Å². The van der Waals surface area contributed by atoms with Gasteiger partial charge >= 0.3 is 0 Å². The van der Waals surface area contributed by atoms with E-state index in [1.165, 1.54) is 11.8 Å². The van der Waals surface area contributed by atoms with Gasteiger partial charge in [-0.15, -0.1) is 10.2 Å². The molecule has 4 rings (SSSR count). The normalized spacial score (nSPS) is 12.0. The van der Waals surface area contributed by atoms with Crippen LogP contribution in [0.4, 0.5) is 0 Å². The lowest BCUT2D eigenvalue weighted by Gasteiger charge is -2.08. The number of nitrogens with one attached hydrogen (secondary N) is 1. The molecule has 7 nitrogen and oxygen atoms in total. The fourth-order valence-corrected chi connectivity index (χ4v) is 3.72. The second-order valence-electron chi connectivity index (χ2n) is 6.03. The molecule has 0 aliphatic rings. The van der Waals surface area contributed by atoms with Gasteiger partial charge in [0, 0.05) is 5.69 Å². The van der Waals surface area contributed by atoms with Gasteiger partial charge in [0.05, 0.1) is 16.8 Å². The highest BCUT2D eigenvalue weighted by molar-refractivity contribution is 7.99. The molecule has 0 aliphatic carbocycles. The van der Waals surface area contributed by atoms with Gasteiger partial charge in [-0.3, -0.25) is 4.57 Å². The summed E-state index contributed by atoms with van der Waals surface area (Å²) in [6.45, 7) is 1.87. The van der Waals surface area contributed by atoms with Crippen molar-refractivity contribution in [3.8, 4) is 11.8 Å². The van der Waals surface area contributed by atoms with Crippen LogP contribution in [0.1, 0.15) is 11.6 Å². The lowest BCUT2D eigenvalue weighted by molar-refractivity contribution is 0.420. The first-order valence-corrected chi connectivity index (χ1v) is 9.53. The second kappa shape index (κ2) is 7.58. The van der Waals surface area contributed by atoms with Crippen molar-refractivity contribution >= 4 is 28.4 Å². The third-order valence-electron chi connectivity index (χ3n) is 4.17. The van der Waals surface area contributed by atoms with Crippen molar-refractivity contribution in [2.24, 2.45) is 0 Å². The first kappa shape index (κ1) is 17.8. The summed E-state index contributed by atoms with van der Waals surface area (Å²) in [4.78, 5) is 7.46. The molecule has 0 saturated carbocycles. The Morgan fingerprint density at radius 3 is 2.64 bits per heavy atom. The fourth-order valence-electron chi connectivity index (χ4n) is 2.84. The van der Waals surface area contributed by atoms with E-state index in [-0.39, 0.29) is 17.1 Å². The van der Waals surface area contributed by atoms with Gasteiger partial charge in [0.1, 0.15) is 23.2 Å². The van der Waals surface area contributed by atoms with Crippen LogP contribution >= 0.6 is 11.8 Å². The smallest absolute Gasteiger partial charge is 0.196 e. The molecule has 0 radical (unpaired) electrons. The van der Waals surface area contributed by atoms with Gasteiger partial charge in [-0.2, -0.15) is 5.26 Å². The average Bonchev–Trinajstić information content (AvgIpc) is 3.30. The van der Waals surface area contributed by atoms with E-state index in [2.05, 4.69) is 20.2 Å². The molecule has 2 N–H and O–H groups in total. The molecule has 2 heterocycles. The van der Waals surface area contributed by atoms with Crippen LogP contribution in [0, 0.1) is 18.3 Å². The lowest BCUT2D eigenvalue weighted by atomic mass is 10.2. The number of aliphatic hydroxyl groups excluding tert-OH is 1. The number of aryl methyl sites for hydroxylation is 1. The van der Waals surface area contributed by atoms with Crippen molar-refractivity contribution < 1.29 is 5.11 Å². The summed E-state index contributed by atoms with van der Waals surface area (Å²) in [7, 11) is 0. The SMILES string of the molecule is Cc1nnc(SCC(O)=C(C#N)c2nc3ccccc3[nH]2)n1-c1ccccc1. The number of fused-ring (bicyclic) bond motifs is 1. The van der Waals surface area contributed by atoms with E-state index in [0.717, 1.165) is 22.5 Å². The van der Waals surface area contributed by atoms with Crippen LogP contribution in [0.25, 0.3) is 22.3 Å². The number of hydrogen-bond acceptors (Lipinski definition) is 6. The van der Waals surface area contributed by atoms with Crippen LogP contribution in [-0.4, -0.2) is 35.6 Å². The highest BCUT2D eigenvalue weighted by Crippen LogP contribution is 2.26. The molecule has 2 aromatic heterocycles. The van der Waals surface area contributed by atoms with Crippen molar-refractivity contribution in [2.45, 2.75) is 12.1 Å². The number of para-hydroxylation sites is 3. The van der Waals surface area contributed by atoms with Gasteiger partial charge in [-0.1, -0.05) is 42.1 Å². The van der Waals surface area contributed by atoms with Crippen molar-refractivity contribution in [3.63, 3.8) is 0 Å². The van der Waals surface area contributed by atoms with Crippen LogP contribution in [0.15, 0.2) is 65.5 Å². The number of allylic oxidation sites excluding steroid dienone is 1. The summed E-state index contributed by atoms with van der Waals surface area (Å²) >= 11 is 1.30. The summed E-state index contributed by atoms with van der Waals surface area (Å²) in [6.07, 6.45) is 0. The van der Waals surface area contributed by atoms with Crippen LogP contribution in [0.3, 0.4) is 0 Å². The standard InChI is InChI=1S/C20H16N6OS/c1-13-24-25-20(26(13)14-7-3-2-4-8-14)28-12-18(27)15(11-21)19-22-16-9-5-6-10-17(16)23-19/h2-10,27H,12H2,1H3,(H,22,23). The predicted molar refractivity (Wildman–Crippen MR) is 108 cm³/mol. The number of H-pyrrole nitrogens is 1. The minimum atomic E-state index is -0.0631.